The van der Waals surface area contributed by atoms with E-state index < -0.39 is 28.4 Å². The second-order valence-corrected chi connectivity index (χ2v) is 5.40. The first kappa shape index (κ1) is 16.3. The molecule has 0 spiro atoms. The van der Waals surface area contributed by atoms with Crippen LogP contribution in [0.5, 0.6) is 0 Å². The minimum Gasteiger partial charge on any atom is -0.503 e. The topological polar surface area (TPSA) is 114 Å². The molecule has 2 aromatic rings. The van der Waals surface area contributed by atoms with Crippen molar-refractivity contribution >= 4 is 23.2 Å². The van der Waals surface area contributed by atoms with Crippen LogP contribution in [0.2, 0.25) is 0 Å². The van der Waals surface area contributed by atoms with E-state index in [9.17, 15) is 24.8 Å². The number of hydrogen-bond acceptors (Lipinski definition) is 6. The predicted octanol–water partition coefficient (Wildman–Crippen LogP) is 2.48. The highest BCUT2D eigenvalue weighted by molar-refractivity contribution is 6.15. The fourth-order valence-corrected chi connectivity index (χ4v) is 2.88. The van der Waals surface area contributed by atoms with Crippen LogP contribution in [0.3, 0.4) is 0 Å². The number of aliphatic hydroxyl groups excluding tert-OH is 1. The molecule has 1 amide bonds. The summed E-state index contributed by atoms with van der Waals surface area (Å²) in [5.41, 5.74) is -0.319. The summed E-state index contributed by atoms with van der Waals surface area (Å²) in [5, 5.41) is 21.6. The molecule has 1 atom stereocenters. The number of rotatable bonds is 4. The quantitative estimate of drug-likeness (QED) is 0.676. The van der Waals surface area contributed by atoms with Gasteiger partial charge in [-0.3, -0.25) is 24.6 Å². The van der Waals surface area contributed by atoms with Crippen LogP contribution in [-0.4, -0.2) is 26.7 Å². The van der Waals surface area contributed by atoms with Crippen LogP contribution in [0, 0.1) is 10.1 Å². The van der Waals surface area contributed by atoms with Gasteiger partial charge in [-0.05, 0) is 25.1 Å². The second kappa shape index (κ2) is 6.16. The van der Waals surface area contributed by atoms with Crippen LogP contribution in [0.1, 0.15) is 18.5 Å². The summed E-state index contributed by atoms with van der Waals surface area (Å²) >= 11 is 0. The zero-order valence-electron chi connectivity index (χ0n) is 13.1. The Kier molecular flexibility index (Phi) is 4.02. The van der Waals surface area contributed by atoms with Crippen molar-refractivity contribution in [2.24, 2.45) is 0 Å². The van der Waals surface area contributed by atoms with E-state index >= 15 is 0 Å². The molecule has 8 nitrogen and oxygen atoms in total. The zero-order chi connectivity index (χ0) is 18.1. The van der Waals surface area contributed by atoms with Crippen LogP contribution in [0.4, 0.5) is 11.5 Å². The summed E-state index contributed by atoms with van der Waals surface area (Å²) in [6, 6.07) is 9.46. The maximum atomic E-state index is 12.5. The fraction of sp³-hybridized carbons (Fsp3) is 0.118. The predicted molar refractivity (Wildman–Crippen MR) is 87.9 cm³/mol. The largest absolute Gasteiger partial charge is 0.503 e. The highest BCUT2D eigenvalue weighted by Crippen LogP contribution is 2.42. The molecule has 2 heterocycles. The Hall–Kier alpha value is -3.55. The number of ketones is 1. The van der Waals surface area contributed by atoms with Crippen LogP contribution < -0.4 is 4.90 Å². The number of aliphatic hydroxyl groups is 1. The third-order valence-electron chi connectivity index (χ3n) is 3.91. The molecule has 25 heavy (non-hydrogen) atoms. The van der Waals surface area contributed by atoms with Gasteiger partial charge in [-0.15, -0.1) is 0 Å². The molecule has 0 fully saturated rings. The first-order chi connectivity index (χ1) is 11.9. The third-order valence-corrected chi connectivity index (χ3v) is 3.91. The maximum Gasteiger partial charge on any atom is 0.295 e. The van der Waals surface area contributed by atoms with E-state index in [1.165, 1.54) is 37.4 Å². The van der Waals surface area contributed by atoms with Gasteiger partial charge < -0.3 is 5.11 Å². The van der Waals surface area contributed by atoms with E-state index in [2.05, 4.69) is 4.98 Å². The fourth-order valence-electron chi connectivity index (χ4n) is 2.88. The minimum atomic E-state index is -1.12. The molecule has 126 valence electrons. The molecule has 1 aromatic carbocycles. The summed E-state index contributed by atoms with van der Waals surface area (Å²) < 4.78 is 0. The van der Waals surface area contributed by atoms with E-state index in [-0.39, 0.29) is 22.6 Å². The molecule has 1 aliphatic heterocycles. The molecule has 0 bridgehead atoms. The van der Waals surface area contributed by atoms with Gasteiger partial charge in [-0.1, -0.05) is 18.2 Å². The highest BCUT2D eigenvalue weighted by atomic mass is 16.6. The summed E-state index contributed by atoms with van der Waals surface area (Å²) in [7, 11) is 0. The van der Waals surface area contributed by atoms with Crippen LogP contribution >= 0.6 is 0 Å². The number of carbonyl (C=O) groups is 2. The van der Waals surface area contributed by atoms with E-state index in [0.29, 0.717) is 0 Å². The first-order valence-corrected chi connectivity index (χ1v) is 7.35. The number of para-hydroxylation sites is 1. The van der Waals surface area contributed by atoms with E-state index in [0.717, 1.165) is 4.90 Å². The molecule has 3 rings (SSSR count). The lowest BCUT2D eigenvalue weighted by atomic mass is 9.95. The number of benzene rings is 1. The molecule has 1 N–H and O–H groups in total. The lowest BCUT2D eigenvalue weighted by Crippen LogP contribution is -2.31. The van der Waals surface area contributed by atoms with Crippen LogP contribution in [0.15, 0.2) is 60.0 Å². The number of nitro groups is 1. The third kappa shape index (κ3) is 2.63. The van der Waals surface area contributed by atoms with Crippen molar-refractivity contribution in [3.8, 4) is 0 Å². The monoisotopic (exact) mass is 339 g/mol. The SMILES string of the molecule is CC(=O)C1=C(O)C(=O)N(c2ccccn2)[C@H]1c1ccccc1[N+](=O)[O-]. The van der Waals surface area contributed by atoms with Gasteiger partial charge in [0.25, 0.3) is 11.6 Å². The van der Waals surface area contributed by atoms with Crippen molar-refractivity contribution in [1.29, 1.82) is 0 Å². The van der Waals surface area contributed by atoms with Crippen molar-refractivity contribution in [2.75, 3.05) is 4.90 Å². The molecule has 1 aliphatic rings. The number of carbonyl (C=O) groups excluding carboxylic acids is 2. The van der Waals surface area contributed by atoms with E-state index in [1.54, 1.807) is 18.2 Å². The lowest BCUT2D eigenvalue weighted by molar-refractivity contribution is -0.385. The summed E-state index contributed by atoms with van der Waals surface area (Å²) in [6.45, 7) is 1.20. The van der Waals surface area contributed by atoms with Crippen molar-refractivity contribution in [3.05, 3.63) is 75.7 Å². The number of aromatic nitrogens is 1. The molecule has 0 saturated carbocycles. The molecule has 0 radical (unpaired) electrons. The zero-order valence-corrected chi connectivity index (χ0v) is 13.1. The second-order valence-electron chi connectivity index (χ2n) is 5.40. The van der Waals surface area contributed by atoms with E-state index in [4.69, 9.17) is 0 Å². The van der Waals surface area contributed by atoms with Gasteiger partial charge >= 0.3 is 0 Å². The molecular weight excluding hydrogens is 326 g/mol. The Morgan fingerprint density at radius 2 is 1.92 bits per heavy atom. The average Bonchev–Trinajstić information content (AvgIpc) is 2.87. The Bertz CT molecular complexity index is 908. The number of Topliss-reactive ketones (excluding diaryl/α,β-unsaturated/α-hetero) is 1. The Morgan fingerprint density at radius 1 is 1.24 bits per heavy atom. The van der Waals surface area contributed by atoms with Gasteiger partial charge in [0.1, 0.15) is 11.9 Å². The molecule has 0 saturated heterocycles. The lowest BCUT2D eigenvalue weighted by Gasteiger charge is -2.25. The number of pyridine rings is 1. The number of anilines is 1. The molecule has 8 heteroatoms. The Labute approximate surface area is 142 Å². The van der Waals surface area contributed by atoms with Gasteiger partial charge in [-0.2, -0.15) is 0 Å². The van der Waals surface area contributed by atoms with Crippen molar-refractivity contribution in [3.63, 3.8) is 0 Å². The van der Waals surface area contributed by atoms with Crippen LogP contribution in [0.25, 0.3) is 0 Å². The normalized spacial score (nSPS) is 17.1. The summed E-state index contributed by atoms with van der Waals surface area (Å²) in [5.74, 6) is -1.92. The number of nitrogens with zero attached hydrogens (tertiary/aromatic N) is 3. The number of amides is 1. The number of hydrogen-bond donors (Lipinski definition) is 1. The molecular formula is C17H13N3O5. The Morgan fingerprint density at radius 3 is 2.52 bits per heavy atom. The standard InChI is InChI=1S/C17H13N3O5/c1-10(21)14-15(11-6-2-3-7-12(11)20(24)25)19(17(23)16(14)22)13-8-4-5-9-18-13/h2-9,15,22H,1H3/t15-/m0/s1. The highest BCUT2D eigenvalue weighted by Gasteiger charge is 2.46. The van der Waals surface area contributed by atoms with Crippen LogP contribution in [-0.2, 0) is 9.59 Å². The van der Waals surface area contributed by atoms with Gasteiger partial charge in [-0.25, -0.2) is 4.98 Å². The Balaban J connectivity index is 2.26. The number of nitro benzene ring substituents is 1. The minimum absolute atomic E-state index is 0.126. The van der Waals surface area contributed by atoms with Gasteiger partial charge in [0, 0.05) is 12.3 Å². The van der Waals surface area contributed by atoms with Gasteiger partial charge in [0.15, 0.2) is 11.5 Å². The first-order valence-electron chi connectivity index (χ1n) is 7.35. The van der Waals surface area contributed by atoms with Crippen molar-refractivity contribution in [2.45, 2.75) is 13.0 Å². The summed E-state index contributed by atoms with van der Waals surface area (Å²) in [6.07, 6.45) is 1.45. The maximum absolute atomic E-state index is 12.5. The van der Waals surface area contributed by atoms with E-state index in [1.807, 2.05) is 0 Å². The summed E-state index contributed by atoms with van der Waals surface area (Å²) in [4.78, 5) is 40.6. The van der Waals surface area contributed by atoms with Crippen molar-refractivity contribution < 1.29 is 19.6 Å². The van der Waals surface area contributed by atoms with Gasteiger partial charge in [0.05, 0.1) is 16.1 Å². The molecule has 0 aliphatic carbocycles. The average molecular weight is 339 g/mol. The molecule has 1 aromatic heterocycles. The smallest absolute Gasteiger partial charge is 0.295 e. The molecule has 0 unspecified atom stereocenters. The van der Waals surface area contributed by atoms with Gasteiger partial charge in [0.2, 0.25) is 0 Å². The van der Waals surface area contributed by atoms with Crippen molar-refractivity contribution in [1.82, 2.24) is 4.98 Å².